The van der Waals surface area contributed by atoms with Crippen LogP contribution in [-0.4, -0.2) is 54.3 Å². The number of unbranched alkanes of at least 4 members (excludes halogenated alkanes) is 2. The Balaban J connectivity index is 1.70. The first-order valence-electron chi connectivity index (χ1n) is 11.3. The van der Waals surface area contributed by atoms with Gasteiger partial charge >= 0.3 is 0 Å². The highest BCUT2D eigenvalue weighted by Crippen LogP contribution is 2.36. The Labute approximate surface area is 198 Å². The van der Waals surface area contributed by atoms with E-state index in [-0.39, 0.29) is 24.4 Å². The Bertz CT molecular complexity index is 1150. The molecule has 0 aliphatic heterocycles. The molecule has 1 amide bonds. The number of nitrogens with one attached hydrogen (secondary N) is 1. The number of rotatable bonds is 12. The van der Waals surface area contributed by atoms with Crippen molar-refractivity contribution >= 4 is 16.7 Å². The minimum absolute atomic E-state index is 0.0682. The zero-order valence-electron chi connectivity index (χ0n) is 19.7. The van der Waals surface area contributed by atoms with E-state index in [9.17, 15) is 14.7 Å². The third-order valence-electron chi connectivity index (χ3n) is 5.36. The van der Waals surface area contributed by atoms with Gasteiger partial charge in [0.1, 0.15) is 12.7 Å². The van der Waals surface area contributed by atoms with Crippen LogP contribution in [-0.2, 0) is 6.54 Å². The lowest BCUT2D eigenvalue weighted by molar-refractivity contribution is 0.0829. The largest absolute Gasteiger partial charge is 0.493 e. The molecule has 1 atom stereocenters. The second kappa shape index (κ2) is 12.0. The van der Waals surface area contributed by atoms with E-state index < -0.39 is 12.0 Å². The summed E-state index contributed by atoms with van der Waals surface area (Å²) in [6, 6.07) is 12.1. The molecule has 1 unspecified atom stereocenters. The number of aliphatic hydroxyl groups excluding tert-OH is 1. The third kappa shape index (κ3) is 5.85. The van der Waals surface area contributed by atoms with Gasteiger partial charge in [0.2, 0.25) is 5.75 Å². The van der Waals surface area contributed by atoms with Crippen molar-refractivity contribution in [2.24, 2.45) is 0 Å². The van der Waals surface area contributed by atoms with E-state index in [2.05, 4.69) is 17.3 Å². The molecule has 2 N–H and O–H groups in total. The minimum Gasteiger partial charge on any atom is -0.493 e. The number of amides is 1. The van der Waals surface area contributed by atoms with Gasteiger partial charge in [0.05, 0.1) is 19.6 Å². The van der Waals surface area contributed by atoms with E-state index in [1.807, 2.05) is 0 Å². The van der Waals surface area contributed by atoms with Gasteiger partial charge in [-0.2, -0.15) is 5.10 Å². The van der Waals surface area contributed by atoms with Crippen molar-refractivity contribution in [3.05, 3.63) is 58.5 Å². The Morgan fingerprint density at radius 1 is 1.06 bits per heavy atom. The van der Waals surface area contributed by atoms with E-state index in [1.54, 1.807) is 42.5 Å². The summed E-state index contributed by atoms with van der Waals surface area (Å²) in [5.41, 5.74) is -0.0753. The van der Waals surface area contributed by atoms with E-state index in [1.165, 1.54) is 18.9 Å². The SMILES string of the molecule is CCCCCn1nc(C(=O)NCC(O)COc2c(OC)cccc2OC)c2ccccc2c1=O. The quantitative estimate of drug-likeness (QED) is 0.392. The van der Waals surface area contributed by atoms with Gasteiger partial charge in [0, 0.05) is 18.5 Å². The normalized spacial score (nSPS) is 11.8. The number of hydrogen-bond acceptors (Lipinski definition) is 7. The van der Waals surface area contributed by atoms with Crippen LogP contribution in [0.2, 0.25) is 0 Å². The molecular formula is C25H31N3O6. The van der Waals surface area contributed by atoms with Crippen LogP contribution in [0.3, 0.4) is 0 Å². The monoisotopic (exact) mass is 469 g/mol. The summed E-state index contributed by atoms with van der Waals surface area (Å²) in [4.78, 5) is 25.7. The first-order chi connectivity index (χ1) is 16.5. The molecule has 9 nitrogen and oxygen atoms in total. The molecule has 0 saturated carbocycles. The standard InChI is InChI=1S/C25H31N3O6/c1-4-5-8-14-28-25(31)19-11-7-6-10-18(19)22(27-28)24(30)26-15-17(29)16-34-23-20(32-2)12-9-13-21(23)33-3/h6-7,9-13,17,29H,4-5,8,14-16H2,1-3H3,(H,26,30). The molecular weight excluding hydrogens is 438 g/mol. The second-order valence-corrected chi connectivity index (χ2v) is 7.80. The highest BCUT2D eigenvalue weighted by atomic mass is 16.5. The molecule has 0 aliphatic rings. The summed E-state index contributed by atoms with van der Waals surface area (Å²) in [5, 5.41) is 18.3. The number of carbonyl (C=O) groups excluding carboxylic acids is 1. The van der Waals surface area contributed by atoms with Crippen molar-refractivity contribution in [1.29, 1.82) is 0 Å². The third-order valence-corrected chi connectivity index (χ3v) is 5.36. The molecule has 0 saturated heterocycles. The molecule has 0 bridgehead atoms. The number of para-hydroxylation sites is 1. The van der Waals surface area contributed by atoms with E-state index in [0.29, 0.717) is 34.6 Å². The number of fused-ring (bicyclic) bond motifs is 1. The number of carbonyl (C=O) groups is 1. The highest BCUT2D eigenvalue weighted by molar-refractivity contribution is 6.04. The zero-order valence-corrected chi connectivity index (χ0v) is 19.7. The first-order valence-corrected chi connectivity index (χ1v) is 11.3. The molecule has 2 aromatic carbocycles. The summed E-state index contributed by atoms with van der Waals surface area (Å²) < 4.78 is 17.6. The molecule has 182 valence electrons. The van der Waals surface area contributed by atoms with Crippen LogP contribution in [0.5, 0.6) is 17.2 Å². The van der Waals surface area contributed by atoms with Gasteiger partial charge in [-0.1, -0.05) is 44.0 Å². The molecule has 0 aliphatic carbocycles. The molecule has 0 radical (unpaired) electrons. The highest BCUT2D eigenvalue weighted by Gasteiger charge is 2.19. The number of aromatic nitrogens is 2. The minimum atomic E-state index is -1.000. The average Bonchev–Trinajstić information content (AvgIpc) is 2.87. The molecule has 9 heteroatoms. The number of nitrogens with zero attached hydrogens (tertiary/aromatic N) is 2. The number of aryl methyl sites for hydroxylation is 1. The maximum absolute atomic E-state index is 13.0. The van der Waals surface area contributed by atoms with Crippen molar-refractivity contribution in [3.8, 4) is 17.2 Å². The van der Waals surface area contributed by atoms with Crippen molar-refractivity contribution in [2.75, 3.05) is 27.4 Å². The fourth-order valence-electron chi connectivity index (χ4n) is 3.56. The maximum Gasteiger partial charge on any atom is 0.274 e. The van der Waals surface area contributed by atoms with E-state index in [4.69, 9.17) is 14.2 Å². The van der Waals surface area contributed by atoms with Crippen molar-refractivity contribution in [2.45, 2.75) is 38.8 Å². The number of aliphatic hydroxyl groups is 1. The lowest BCUT2D eigenvalue weighted by atomic mass is 10.1. The van der Waals surface area contributed by atoms with Crippen LogP contribution in [0.25, 0.3) is 10.8 Å². The lowest BCUT2D eigenvalue weighted by Gasteiger charge is -2.17. The Kier molecular flexibility index (Phi) is 8.86. The fourth-order valence-corrected chi connectivity index (χ4v) is 3.56. The summed E-state index contributed by atoms with van der Waals surface area (Å²) in [5.74, 6) is 0.826. The van der Waals surface area contributed by atoms with E-state index in [0.717, 1.165) is 19.3 Å². The van der Waals surface area contributed by atoms with Crippen LogP contribution in [0, 0.1) is 0 Å². The molecule has 1 aromatic heterocycles. The number of methoxy groups -OCH3 is 2. The molecule has 3 aromatic rings. The molecule has 3 rings (SSSR count). The maximum atomic E-state index is 13.0. The van der Waals surface area contributed by atoms with Gasteiger partial charge in [-0.25, -0.2) is 4.68 Å². The summed E-state index contributed by atoms with van der Waals surface area (Å²) >= 11 is 0. The predicted molar refractivity (Wildman–Crippen MR) is 129 cm³/mol. The predicted octanol–water partition coefficient (Wildman–Crippen LogP) is 2.77. The fraction of sp³-hybridized carbons (Fsp3) is 0.400. The van der Waals surface area contributed by atoms with E-state index >= 15 is 0 Å². The smallest absolute Gasteiger partial charge is 0.274 e. The number of ether oxygens (including phenoxy) is 3. The number of hydrogen-bond donors (Lipinski definition) is 2. The van der Waals surface area contributed by atoms with Gasteiger partial charge in [0.25, 0.3) is 11.5 Å². The van der Waals surface area contributed by atoms with Gasteiger partial charge < -0.3 is 24.6 Å². The molecule has 34 heavy (non-hydrogen) atoms. The van der Waals surface area contributed by atoms with Crippen LogP contribution in [0.15, 0.2) is 47.3 Å². The summed E-state index contributed by atoms with van der Waals surface area (Å²) in [6.07, 6.45) is 1.77. The second-order valence-electron chi connectivity index (χ2n) is 7.80. The van der Waals surface area contributed by atoms with Crippen molar-refractivity contribution in [1.82, 2.24) is 15.1 Å². The molecule has 0 spiro atoms. The molecule has 1 heterocycles. The van der Waals surface area contributed by atoms with Crippen molar-refractivity contribution < 1.29 is 24.1 Å². The summed E-state index contributed by atoms with van der Waals surface area (Å²) in [7, 11) is 3.02. The average molecular weight is 470 g/mol. The van der Waals surface area contributed by atoms with Crippen molar-refractivity contribution in [3.63, 3.8) is 0 Å². The topological polar surface area (TPSA) is 112 Å². The van der Waals surface area contributed by atoms with Crippen LogP contribution in [0.1, 0.15) is 36.7 Å². The number of benzene rings is 2. The van der Waals surface area contributed by atoms with Crippen LogP contribution in [0.4, 0.5) is 0 Å². The van der Waals surface area contributed by atoms with Gasteiger partial charge in [-0.15, -0.1) is 0 Å². The first kappa shape index (κ1) is 25.0. The summed E-state index contributed by atoms with van der Waals surface area (Å²) in [6.45, 7) is 2.35. The molecule has 0 fully saturated rings. The zero-order chi connectivity index (χ0) is 24.5. The Morgan fingerprint density at radius 2 is 1.74 bits per heavy atom. The van der Waals surface area contributed by atoms with Gasteiger partial charge in [0.15, 0.2) is 17.2 Å². The van der Waals surface area contributed by atoms with Gasteiger partial charge in [-0.3, -0.25) is 9.59 Å². The Morgan fingerprint density at radius 3 is 2.38 bits per heavy atom. The Hall–Kier alpha value is -3.59. The lowest BCUT2D eigenvalue weighted by Crippen LogP contribution is -2.37. The van der Waals surface area contributed by atoms with Gasteiger partial charge in [-0.05, 0) is 24.6 Å². The van der Waals surface area contributed by atoms with Crippen LogP contribution >= 0.6 is 0 Å². The van der Waals surface area contributed by atoms with Crippen LogP contribution < -0.4 is 25.1 Å².